The Hall–Kier alpha value is -0.640. The van der Waals surface area contributed by atoms with Crippen LogP contribution in [0, 0.1) is 0 Å². The zero-order valence-corrected chi connectivity index (χ0v) is 17.5. The zero-order chi connectivity index (χ0) is 20.9. The lowest BCUT2D eigenvalue weighted by atomic mass is 10.3. The molecule has 0 bridgehead atoms. The highest BCUT2D eigenvalue weighted by molar-refractivity contribution is 7.63. The van der Waals surface area contributed by atoms with Crippen LogP contribution in [0.25, 0.3) is 0 Å². The Morgan fingerprint density at radius 1 is 0.778 bits per heavy atom. The van der Waals surface area contributed by atoms with Crippen molar-refractivity contribution in [3.63, 3.8) is 0 Å². The average Bonchev–Trinajstić information content (AvgIpc) is 2.57. The number of aliphatic hydroxyl groups is 3. The van der Waals surface area contributed by atoms with E-state index in [-0.39, 0.29) is 39.6 Å². The average molecular weight is 429 g/mol. The van der Waals surface area contributed by atoms with E-state index < -0.39 is 15.6 Å². The molecule has 158 valence electrons. The van der Waals surface area contributed by atoms with Crippen molar-refractivity contribution in [1.82, 2.24) is 0 Å². The van der Waals surface area contributed by atoms with Gasteiger partial charge in [-0.25, -0.2) is 14.6 Å². The summed E-state index contributed by atoms with van der Waals surface area (Å²) in [6, 6.07) is 0. The first-order valence-electron chi connectivity index (χ1n) is 8.00. The fourth-order valence-electron chi connectivity index (χ4n) is 1.45. The third-order valence-electron chi connectivity index (χ3n) is 2.91. The maximum Gasteiger partial charge on any atom is 0.483 e. The zero-order valence-electron chi connectivity index (χ0n) is 15.7. The number of hydrogen-bond donors (Lipinski definition) is 4. The van der Waals surface area contributed by atoms with E-state index >= 15 is 0 Å². The molecular weight excluding hydrogens is 400 g/mol. The van der Waals surface area contributed by atoms with E-state index in [2.05, 4.69) is 0 Å². The topological polar surface area (TPSA) is 158 Å². The summed E-state index contributed by atoms with van der Waals surface area (Å²) in [4.78, 5) is 0. The molecule has 1 atom stereocenters. The van der Waals surface area contributed by atoms with Gasteiger partial charge in [0.15, 0.2) is 0 Å². The Kier molecular flexibility index (Phi) is 13.2. The van der Waals surface area contributed by atoms with Crippen LogP contribution >= 0.6 is 15.6 Å². The van der Waals surface area contributed by atoms with Crippen LogP contribution in [0.15, 0.2) is 34.9 Å². The monoisotopic (exact) mass is 429 g/mol. The molecule has 0 aromatic carbocycles. The third-order valence-corrected chi connectivity index (χ3v) is 6.00. The summed E-state index contributed by atoms with van der Waals surface area (Å²) in [7, 11) is -8.71. The van der Waals surface area contributed by atoms with Crippen molar-refractivity contribution in [2.75, 3.05) is 39.6 Å². The molecule has 0 spiro atoms. The van der Waals surface area contributed by atoms with E-state index in [4.69, 9.17) is 38.7 Å². The molecule has 0 saturated heterocycles. The van der Waals surface area contributed by atoms with E-state index in [9.17, 15) is 9.13 Å². The molecule has 27 heavy (non-hydrogen) atoms. The molecule has 0 saturated carbocycles. The van der Waals surface area contributed by atoms with Crippen molar-refractivity contribution in [1.29, 1.82) is 0 Å². The Bertz CT molecular complexity index is 603. The highest BCUT2D eigenvalue weighted by atomic mass is 31.3. The lowest BCUT2D eigenvalue weighted by Crippen LogP contribution is -2.09. The summed E-state index contributed by atoms with van der Waals surface area (Å²) in [5.74, 6) is 0. The van der Waals surface area contributed by atoms with Gasteiger partial charge in [-0.2, -0.15) is 4.31 Å². The molecule has 0 aliphatic heterocycles. The SMILES string of the molecule is C/C(=C/CO)COP(N)(=O)OP(=O)(OC/C(C)=C\CO)OC/C(C)=C\CO. The van der Waals surface area contributed by atoms with Crippen molar-refractivity contribution in [3.8, 4) is 0 Å². The Labute approximate surface area is 159 Å². The van der Waals surface area contributed by atoms with Crippen molar-refractivity contribution >= 4 is 15.6 Å². The molecule has 5 N–H and O–H groups in total. The summed E-state index contributed by atoms with van der Waals surface area (Å²) in [6.07, 6.45) is 4.25. The van der Waals surface area contributed by atoms with Gasteiger partial charge in [-0.15, -0.1) is 0 Å². The predicted molar refractivity (Wildman–Crippen MR) is 101 cm³/mol. The van der Waals surface area contributed by atoms with Crippen LogP contribution in [0.3, 0.4) is 0 Å². The molecule has 1 unspecified atom stereocenters. The Morgan fingerprint density at radius 2 is 1.11 bits per heavy atom. The first-order chi connectivity index (χ1) is 12.6. The molecule has 0 aliphatic carbocycles. The van der Waals surface area contributed by atoms with Gasteiger partial charge in [-0.1, -0.05) is 18.2 Å². The second-order valence-corrected chi connectivity index (χ2v) is 8.99. The highest BCUT2D eigenvalue weighted by Gasteiger charge is 2.37. The normalized spacial score (nSPS) is 16.5. The molecule has 0 aliphatic rings. The summed E-state index contributed by atoms with van der Waals surface area (Å²) in [6.45, 7) is 3.42. The summed E-state index contributed by atoms with van der Waals surface area (Å²) in [5, 5.41) is 26.5. The van der Waals surface area contributed by atoms with Crippen molar-refractivity contribution in [3.05, 3.63) is 34.9 Å². The number of nitrogens with two attached hydrogens (primary N) is 1. The maximum atomic E-state index is 12.8. The maximum absolute atomic E-state index is 12.8. The van der Waals surface area contributed by atoms with Crippen LogP contribution in [-0.2, 0) is 27.0 Å². The quantitative estimate of drug-likeness (QED) is 0.238. The standard InChI is InChI=1S/C15H29NO9P2/c1-13(4-7-17)10-22-26(16,20)25-27(21,23-11-14(2)5-8-18)24-12-15(3)6-9-19/h4-6,17-19H,7-12H2,1-3H3,(H2,16,20)/b13-4-,14-5-,15-6-. The van der Waals surface area contributed by atoms with Gasteiger partial charge >= 0.3 is 15.6 Å². The van der Waals surface area contributed by atoms with E-state index in [1.807, 2.05) is 0 Å². The Morgan fingerprint density at radius 3 is 1.44 bits per heavy atom. The molecule has 0 amide bonds. The summed E-state index contributed by atoms with van der Waals surface area (Å²) >= 11 is 0. The van der Waals surface area contributed by atoms with E-state index in [0.29, 0.717) is 16.7 Å². The minimum atomic E-state index is -4.40. The van der Waals surface area contributed by atoms with E-state index in [0.717, 1.165) is 0 Å². The van der Waals surface area contributed by atoms with Gasteiger partial charge in [0.1, 0.15) is 0 Å². The van der Waals surface area contributed by atoms with Gasteiger partial charge in [-0.3, -0.25) is 13.6 Å². The Balaban J connectivity index is 5.17. The van der Waals surface area contributed by atoms with Crippen LogP contribution in [0.4, 0.5) is 0 Å². The molecule has 0 heterocycles. The first kappa shape index (κ1) is 26.4. The molecule has 0 fully saturated rings. The lowest BCUT2D eigenvalue weighted by molar-refractivity contribution is 0.161. The van der Waals surface area contributed by atoms with Crippen LogP contribution in [0.2, 0.25) is 0 Å². The number of phosphoric acid groups is 1. The fraction of sp³-hybridized carbons (Fsp3) is 0.600. The molecular formula is C15H29NO9P2. The van der Waals surface area contributed by atoms with Crippen LogP contribution in [-0.4, -0.2) is 55.0 Å². The van der Waals surface area contributed by atoms with Crippen molar-refractivity contribution < 1.29 is 42.3 Å². The summed E-state index contributed by atoms with van der Waals surface area (Å²) in [5.41, 5.74) is 7.05. The lowest BCUT2D eigenvalue weighted by Gasteiger charge is -2.21. The number of aliphatic hydroxyl groups excluding tert-OH is 3. The molecule has 0 rings (SSSR count). The van der Waals surface area contributed by atoms with Gasteiger partial charge < -0.3 is 15.3 Å². The summed E-state index contributed by atoms with van der Waals surface area (Å²) < 4.78 is 45.1. The number of phosphoric ester groups is 1. The highest BCUT2D eigenvalue weighted by Crippen LogP contribution is 2.62. The second kappa shape index (κ2) is 13.5. The molecule has 0 aromatic heterocycles. The first-order valence-corrected chi connectivity index (χ1v) is 11.1. The molecule has 10 nitrogen and oxygen atoms in total. The van der Waals surface area contributed by atoms with Crippen LogP contribution < -0.4 is 5.50 Å². The third kappa shape index (κ3) is 13.2. The van der Waals surface area contributed by atoms with E-state index in [1.54, 1.807) is 20.8 Å². The number of hydrogen-bond acceptors (Lipinski definition) is 9. The minimum absolute atomic E-state index is 0.221. The fourth-order valence-corrected chi connectivity index (χ4v) is 4.31. The van der Waals surface area contributed by atoms with Crippen LogP contribution in [0.5, 0.6) is 0 Å². The second-order valence-electron chi connectivity index (χ2n) is 5.59. The van der Waals surface area contributed by atoms with Crippen molar-refractivity contribution in [2.45, 2.75) is 20.8 Å². The molecule has 0 aromatic rings. The van der Waals surface area contributed by atoms with Gasteiger partial charge in [0.25, 0.3) is 0 Å². The minimum Gasteiger partial charge on any atom is -0.392 e. The van der Waals surface area contributed by atoms with Crippen LogP contribution in [0.1, 0.15) is 20.8 Å². The molecule has 0 radical (unpaired) electrons. The van der Waals surface area contributed by atoms with E-state index in [1.165, 1.54) is 18.2 Å². The van der Waals surface area contributed by atoms with Gasteiger partial charge in [-0.05, 0) is 37.5 Å². The van der Waals surface area contributed by atoms with Crippen molar-refractivity contribution in [2.24, 2.45) is 5.50 Å². The largest absolute Gasteiger partial charge is 0.483 e. The number of rotatable bonds is 14. The van der Waals surface area contributed by atoms with Gasteiger partial charge in [0, 0.05) is 0 Å². The smallest absolute Gasteiger partial charge is 0.392 e. The van der Waals surface area contributed by atoms with Gasteiger partial charge in [0.2, 0.25) is 0 Å². The molecule has 12 heteroatoms. The van der Waals surface area contributed by atoms with Gasteiger partial charge in [0.05, 0.1) is 39.6 Å². The predicted octanol–water partition coefficient (Wildman–Crippen LogP) is 2.04.